The normalized spacial score (nSPS) is 26.8. The molecule has 2 rings (SSSR count). The van der Waals surface area contributed by atoms with Gasteiger partial charge in [0, 0.05) is 25.1 Å². The first-order chi connectivity index (χ1) is 6.09. The minimum absolute atomic E-state index is 0.186. The van der Waals surface area contributed by atoms with Crippen LogP contribution in [0.3, 0.4) is 0 Å². The van der Waals surface area contributed by atoms with Crippen LogP contribution < -0.4 is 0 Å². The molecule has 0 amide bonds. The number of halogens is 1. The molecule has 70 valence electrons. The summed E-state index contributed by atoms with van der Waals surface area (Å²) >= 11 is 6.18. The van der Waals surface area contributed by atoms with Gasteiger partial charge in [0.05, 0.1) is 5.03 Å². The maximum absolute atomic E-state index is 6.18. The molecule has 2 heterocycles. The molecule has 0 N–H and O–H groups in total. The van der Waals surface area contributed by atoms with E-state index < -0.39 is 0 Å². The van der Waals surface area contributed by atoms with Crippen molar-refractivity contribution in [2.45, 2.75) is 20.0 Å². The predicted octanol–water partition coefficient (Wildman–Crippen LogP) is 2.46. The Hall–Kier alpha value is -0.890. The number of likely N-dealkylation sites (N-methyl/N-ethyl adjacent to an activating group) is 1. The largest absolute Gasteiger partial charge is 0.354 e. The standard InChI is InChI=1S/C10H13ClN2/c1-7-4-9(11)10-12(3)6-8(2)13(10)5-7/h4-6,10H,1-3H3. The second-order valence-electron chi connectivity index (χ2n) is 3.62. The van der Waals surface area contributed by atoms with Gasteiger partial charge in [0.25, 0.3) is 0 Å². The van der Waals surface area contributed by atoms with E-state index in [0.29, 0.717) is 0 Å². The van der Waals surface area contributed by atoms with Gasteiger partial charge < -0.3 is 9.80 Å². The van der Waals surface area contributed by atoms with Crippen LogP contribution in [0.5, 0.6) is 0 Å². The zero-order valence-electron chi connectivity index (χ0n) is 8.08. The summed E-state index contributed by atoms with van der Waals surface area (Å²) in [5.74, 6) is 0. The average Bonchev–Trinajstić information content (AvgIpc) is 2.27. The maximum Gasteiger partial charge on any atom is 0.142 e. The van der Waals surface area contributed by atoms with Gasteiger partial charge in [0.1, 0.15) is 6.17 Å². The Morgan fingerprint density at radius 2 is 2.00 bits per heavy atom. The van der Waals surface area contributed by atoms with Gasteiger partial charge >= 0.3 is 0 Å². The topological polar surface area (TPSA) is 6.48 Å². The number of rotatable bonds is 0. The molecule has 0 spiro atoms. The van der Waals surface area contributed by atoms with Crippen molar-refractivity contribution >= 4 is 11.6 Å². The molecule has 1 atom stereocenters. The third kappa shape index (κ3) is 1.25. The summed E-state index contributed by atoms with van der Waals surface area (Å²) in [6.45, 7) is 4.15. The van der Waals surface area contributed by atoms with Crippen molar-refractivity contribution in [2.75, 3.05) is 7.05 Å². The average molecular weight is 197 g/mol. The molecular weight excluding hydrogens is 184 g/mol. The highest BCUT2D eigenvalue weighted by atomic mass is 35.5. The lowest BCUT2D eigenvalue weighted by Gasteiger charge is -2.32. The maximum atomic E-state index is 6.18. The van der Waals surface area contributed by atoms with Crippen LogP contribution in [-0.4, -0.2) is 23.0 Å². The van der Waals surface area contributed by atoms with Crippen LogP contribution in [0.25, 0.3) is 0 Å². The molecule has 0 saturated carbocycles. The van der Waals surface area contributed by atoms with Crippen LogP contribution in [0.15, 0.2) is 34.8 Å². The molecule has 2 aliphatic rings. The fourth-order valence-electron chi connectivity index (χ4n) is 1.87. The Labute approximate surface area is 83.8 Å². The fraction of sp³-hybridized carbons (Fsp3) is 0.400. The number of allylic oxidation sites excluding steroid dienone is 3. The molecule has 2 nitrogen and oxygen atoms in total. The summed E-state index contributed by atoms with van der Waals surface area (Å²) in [5.41, 5.74) is 2.43. The molecule has 0 aromatic rings. The Kier molecular flexibility index (Phi) is 1.88. The number of hydrogen-bond donors (Lipinski definition) is 0. The van der Waals surface area contributed by atoms with Crippen molar-refractivity contribution in [1.82, 2.24) is 9.80 Å². The molecule has 3 heteroatoms. The van der Waals surface area contributed by atoms with Gasteiger partial charge in [-0.25, -0.2) is 0 Å². The van der Waals surface area contributed by atoms with Gasteiger partial charge in [-0.3, -0.25) is 0 Å². The van der Waals surface area contributed by atoms with Crippen LogP contribution in [0.2, 0.25) is 0 Å². The molecular formula is C10H13ClN2. The molecule has 0 aliphatic carbocycles. The predicted molar refractivity (Wildman–Crippen MR) is 54.8 cm³/mol. The van der Waals surface area contributed by atoms with Crippen LogP contribution in [-0.2, 0) is 0 Å². The van der Waals surface area contributed by atoms with E-state index >= 15 is 0 Å². The summed E-state index contributed by atoms with van der Waals surface area (Å²) < 4.78 is 0. The lowest BCUT2D eigenvalue weighted by Crippen LogP contribution is -2.36. The molecule has 0 aromatic carbocycles. The molecule has 0 fully saturated rings. The highest BCUT2D eigenvalue weighted by Crippen LogP contribution is 2.32. The van der Waals surface area contributed by atoms with E-state index in [1.54, 1.807) is 0 Å². The Balaban J connectivity index is 2.39. The first-order valence-corrected chi connectivity index (χ1v) is 4.71. The Morgan fingerprint density at radius 3 is 2.69 bits per heavy atom. The van der Waals surface area contributed by atoms with E-state index in [1.807, 2.05) is 13.1 Å². The van der Waals surface area contributed by atoms with Crippen molar-refractivity contribution in [3.63, 3.8) is 0 Å². The van der Waals surface area contributed by atoms with Crippen LogP contribution in [0, 0.1) is 0 Å². The second-order valence-corrected chi connectivity index (χ2v) is 4.06. The summed E-state index contributed by atoms with van der Waals surface area (Å²) in [6, 6.07) is 0. The lowest BCUT2D eigenvalue weighted by atomic mass is 10.2. The van der Waals surface area contributed by atoms with Gasteiger partial charge in [-0.1, -0.05) is 11.6 Å². The third-order valence-corrected chi connectivity index (χ3v) is 2.71. The van der Waals surface area contributed by atoms with Gasteiger partial charge in [0.2, 0.25) is 0 Å². The van der Waals surface area contributed by atoms with E-state index in [9.17, 15) is 0 Å². The van der Waals surface area contributed by atoms with Gasteiger partial charge in [0.15, 0.2) is 0 Å². The van der Waals surface area contributed by atoms with E-state index in [4.69, 9.17) is 11.6 Å². The Morgan fingerprint density at radius 1 is 1.31 bits per heavy atom. The lowest BCUT2D eigenvalue weighted by molar-refractivity contribution is 0.260. The number of nitrogens with zero attached hydrogens (tertiary/aromatic N) is 2. The molecule has 0 bridgehead atoms. The highest BCUT2D eigenvalue weighted by molar-refractivity contribution is 6.30. The summed E-state index contributed by atoms with van der Waals surface area (Å²) in [4.78, 5) is 4.31. The molecule has 0 radical (unpaired) electrons. The zero-order chi connectivity index (χ0) is 9.59. The number of fused-ring (bicyclic) bond motifs is 1. The summed E-state index contributed by atoms with van der Waals surface area (Å²) in [6.07, 6.45) is 6.44. The minimum atomic E-state index is 0.186. The fourth-order valence-corrected chi connectivity index (χ4v) is 2.30. The second kappa shape index (κ2) is 2.81. The first kappa shape index (κ1) is 8.70. The van der Waals surface area contributed by atoms with Gasteiger partial charge in [-0.05, 0) is 25.5 Å². The summed E-state index contributed by atoms with van der Waals surface area (Å²) in [5, 5.41) is 0.885. The Bertz CT molecular complexity index is 328. The molecule has 2 aliphatic heterocycles. The molecule has 0 aromatic heterocycles. The van der Waals surface area contributed by atoms with E-state index in [1.165, 1.54) is 11.3 Å². The minimum Gasteiger partial charge on any atom is -0.354 e. The monoisotopic (exact) mass is 196 g/mol. The molecule has 1 unspecified atom stereocenters. The van der Waals surface area contributed by atoms with E-state index in [2.05, 4.69) is 36.0 Å². The van der Waals surface area contributed by atoms with Crippen molar-refractivity contribution in [2.24, 2.45) is 0 Å². The van der Waals surface area contributed by atoms with Gasteiger partial charge in [-0.15, -0.1) is 0 Å². The van der Waals surface area contributed by atoms with Gasteiger partial charge in [-0.2, -0.15) is 0 Å². The van der Waals surface area contributed by atoms with Crippen LogP contribution in [0.4, 0.5) is 0 Å². The van der Waals surface area contributed by atoms with Crippen molar-refractivity contribution in [3.8, 4) is 0 Å². The van der Waals surface area contributed by atoms with Crippen LogP contribution in [0.1, 0.15) is 13.8 Å². The first-order valence-electron chi connectivity index (χ1n) is 4.34. The summed E-state index contributed by atoms with van der Waals surface area (Å²) in [7, 11) is 2.04. The SMILES string of the molecule is CC1=CN2C(C)=CN(C)C2C(Cl)=C1. The molecule has 13 heavy (non-hydrogen) atoms. The zero-order valence-corrected chi connectivity index (χ0v) is 8.84. The van der Waals surface area contributed by atoms with Crippen molar-refractivity contribution in [3.05, 3.63) is 34.8 Å². The third-order valence-electron chi connectivity index (χ3n) is 2.40. The smallest absolute Gasteiger partial charge is 0.142 e. The van der Waals surface area contributed by atoms with E-state index in [-0.39, 0.29) is 6.17 Å². The highest BCUT2D eigenvalue weighted by Gasteiger charge is 2.30. The quantitative estimate of drug-likeness (QED) is 0.587. The molecule has 0 saturated heterocycles. The van der Waals surface area contributed by atoms with Crippen molar-refractivity contribution < 1.29 is 0 Å². The van der Waals surface area contributed by atoms with Crippen molar-refractivity contribution in [1.29, 1.82) is 0 Å². The number of hydrogen-bond acceptors (Lipinski definition) is 2. The van der Waals surface area contributed by atoms with Crippen LogP contribution >= 0.6 is 11.6 Å². The van der Waals surface area contributed by atoms with E-state index in [0.717, 1.165) is 5.03 Å².